The highest BCUT2D eigenvalue weighted by molar-refractivity contribution is 7.86. The average Bonchev–Trinajstić information content (AvgIpc) is 2.79. The van der Waals surface area contributed by atoms with Gasteiger partial charge in [0, 0.05) is 68.5 Å². The van der Waals surface area contributed by atoms with Crippen molar-refractivity contribution in [2.75, 3.05) is 190 Å². The summed E-state index contributed by atoms with van der Waals surface area (Å²) in [7, 11) is -6.02. The Bertz CT molecular complexity index is 2830. The van der Waals surface area contributed by atoms with Crippen molar-refractivity contribution in [2.24, 2.45) is 0 Å². The maximum absolute atomic E-state index is 12.6. The lowest BCUT2D eigenvalue weighted by Crippen LogP contribution is -2.36. The Morgan fingerprint density at radius 2 is 1.15 bits per heavy atom. The Balaban J connectivity index is 1.26. The zero-order valence-corrected chi connectivity index (χ0v) is 52.6. The van der Waals surface area contributed by atoms with E-state index in [2.05, 4.69) is 4.58 Å². The molecule has 1 fully saturated rings. The van der Waals surface area contributed by atoms with Gasteiger partial charge in [0.2, 0.25) is 5.36 Å². The van der Waals surface area contributed by atoms with Gasteiger partial charge >= 0.3 is 5.97 Å². The van der Waals surface area contributed by atoms with Crippen molar-refractivity contribution in [1.29, 1.82) is 0 Å². The van der Waals surface area contributed by atoms with Crippen molar-refractivity contribution in [1.82, 2.24) is 9.64 Å². The summed E-state index contributed by atoms with van der Waals surface area (Å²) in [5.74, 6) is -1.84. The van der Waals surface area contributed by atoms with Gasteiger partial charge in [-0.15, -0.1) is 5.06 Å². The van der Waals surface area contributed by atoms with Crippen molar-refractivity contribution in [3.05, 3.63) is 83.1 Å². The van der Waals surface area contributed by atoms with Gasteiger partial charge in [-0.25, -0.2) is 17.8 Å². The first-order chi connectivity index (χ1) is 42.6. The van der Waals surface area contributed by atoms with Crippen molar-refractivity contribution in [3.63, 3.8) is 0 Å². The van der Waals surface area contributed by atoms with E-state index in [1.807, 2.05) is 54.3 Å². The van der Waals surface area contributed by atoms with Gasteiger partial charge in [0.15, 0.2) is 13.1 Å². The van der Waals surface area contributed by atoms with Crippen LogP contribution in [0.1, 0.15) is 69.4 Å². The minimum absolute atomic E-state index is 0.00366. The van der Waals surface area contributed by atoms with Crippen LogP contribution in [0.2, 0.25) is 0 Å². The quantitative estimate of drug-likeness (QED) is 0.0361. The number of unbranched alkanes of at least 4 members (excludes halogenated alkanes) is 2. The van der Waals surface area contributed by atoms with Crippen molar-refractivity contribution < 1.29 is 106 Å². The number of imide groups is 1. The molecule has 4 aliphatic rings. The van der Waals surface area contributed by atoms with Gasteiger partial charge < -0.3 is 75.5 Å². The summed E-state index contributed by atoms with van der Waals surface area (Å²) in [4.78, 5) is 43.0. The number of hydrogen-bond acceptors (Lipinski definition) is 23. The van der Waals surface area contributed by atoms with Crippen LogP contribution < -0.4 is 14.8 Å². The smallest absolute Gasteiger partial charge is 0.333 e. The molecule has 2 amide bonds. The summed E-state index contributed by atoms with van der Waals surface area (Å²) >= 11 is 0. The maximum Gasteiger partial charge on any atom is 0.333 e. The van der Waals surface area contributed by atoms with Crippen molar-refractivity contribution in [3.8, 4) is 11.3 Å². The first-order valence-corrected chi connectivity index (χ1v) is 32.7. The number of fused-ring (bicyclic) bond motifs is 2. The second-order valence-corrected chi connectivity index (χ2v) is 23.4. The van der Waals surface area contributed by atoms with Crippen LogP contribution in [-0.2, 0) is 102 Å². The Hall–Kier alpha value is -5.12. The predicted octanol–water partition coefficient (Wildman–Crippen LogP) is 4.03. The van der Waals surface area contributed by atoms with E-state index in [4.69, 9.17) is 66.1 Å². The number of hydrogen-bond donors (Lipinski definition) is 1. The fourth-order valence-corrected chi connectivity index (χ4v) is 10.5. The Kier molecular flexibility index (Phi) is 34.6. The van der Waals surface area contributed by atoms with Crippen LogP contribution >= 0.6 is 0 Å². The molecule has 1 aliphatic carbocycles. The largest absolute Gasteiger partial charge is 0.744 e. The molecule has 1 atom stereocenters. The van der Waals surface area contributed by atoms with Gasteiger partial charge in [0.25, 0.3) is 21.9 Å². The van der Waals surface area contributed by atoms with Crippen LogP contribution in [0.15, 0.2) is 75.9 Å². The Labute approximate surface area is 516 Å². The molecule has 28 heteroatoms. The molecule has 494 valence electrons. The molecule has 1 saturated heterocycles. The number of anilines is 1. The van der Waals surface area contributed by atoms with E-state index in [1.54, 1.807) is 26.5 Å². The number of hydroxylamine groups is 2. The Morgan fingerprint density at radius 3 is 1.64 bits per heavy atom. The number of carbonyl (C=O) groups is 3. The molecule has 0 radical (unpaired) electrons. The highest BCUT2D eigenvalue weighted by Gasteiger charge is 2.43. The van der Waals surface area contributed by atoms with Crippen LogP contribution in [0.3, 0.4) is 0 Å². The third-order valence-electron chi connectivity index (χ3n) is 14.0. The number of benzene rings is 2. The third kappa shape index (κ3) is 27.1. The minimum atomic E-state index is -4.90. The number of amides is 2. The number of methoxy groups -OCH3 is 2. The van der Waals surface area contributed by atoms with Gasteiger partial charge in [-0.1, -0.05) is 18.6 Å². The van der Waals surface area contributed by atoms with Gasteiger partial charge in [-0.05, 0) is 80.1 Å². The van der Waals surface area contributed by atoms with E-state index in [0.717, 1.165) is 16.5 Å². The molecule has 3 heterocycles. The molecule has 1 unspecified atom stereocenters. The second kappa shape index (κ2) is 41.3. The van der Waals surface area contributed by atoms with Gasteiger partial charge in [0.05, 0.1) is 155 Å². The standard InChI is InChI=1S/C60H89N3O23S2/c1-60(19-8-46-87(67,68)69)53-48-51(88(70,71)72)13-15-54(53)62(20-6-4-5-11-59(66)86-63-57(64)16-17-58(63)65)56(60)10-7-9-49-18-23-85-55-47-50(12-14-52(49)55)61(21-24-75-30-32-79-38-40-83-44-42-81-36-34-77-28-26-73-2)22-25-76-31-33-80-39-41-84-45-43-82-37-35-78-29-27-74-3/h7,9-10,12-15,18,23,47-48H,4-6,8,11,16-17,19-22,24-46H2,1-3H3,(H-,67,68,69,70,71,72). The molecule has 0 saturated carbocycles. The highest BCUT2D eigenvalue weighted by Crippen LogP contribution is 2.51. The molecule has 1 aromatic rings. The van der Waals surface area contributed by atoms with E-state index >= 15 is 0 Å². The van der Waals surface area contributed by atoms with Crippen LogP contribution in [-0.4, -0.2) is 234 Å². The molecule has 0 bridgehead atoms. The third-order valence-corrected chi connectivity index (χ3v) is 15.6. The lowest BCUT2D eigenvalue weighted by molar-refractivity contribution is -0.197. The Morgan fingerprint density at radius 1 is 0.648 bits per heavy atom. The summed E-state index contributed by atoms with van der Waals surface area (Å²) in [6.07, 6.45) is 8.55. The summed E-state index contributed by atoms with van der Waals surface area (Å²) < 4.78 is 145. The molecule has 1 N–H and O–H groups in total. The van der Waals surface area contributed by atoms with Crippen molar-refractivity contribution in [2.45, 2.75) is 68.6 Å². The SMILES string of the molecule is COCCOCCOCCOCCOCCOCC[N+](CCOCCOCCOCCOCCOCCOC)=c1ccc2c(/C=C/C=C3/N(CCCCCC(=O)ON4C(=O)CCC4=O)c4ccc(S(=O)(=O)[O-])cc4C3(C)CCCS(=O)(=O)O)ccoc-2c1. The zero-order chi connectivity index (χ0) is 63.3. The molecule has 26 nitrogen and oxygen atoms in total. The van der Waals surface area contributed by atoms with Gasteiger partial charge in [0.1, 0.15) is 29.1 Å². The number of rotatable bonds is 50. The molecule has 1 aromatic carbocycles. The molecule has 0 aromatic heterocycles. The molecule has 0 spiro atoms. The van der Waals surface area contributed by atoms with E-state index in [-0.39, 0.29) is 32.1 Å². The number of carbonyl (C=O) groups excluding carboxylic acids is 3. The lowest BCUT2D eigenvalue weighted by Gasteiger charge is -2.30. The highest BCUT2D eigenvalue weighted by atomic mass is 32.2. The summed E-state index contributed by atoms with van der Waals surface area (Å²) in [6, 6.07) is 11.8. The van der Waals surface area contributed by atoms with Crippen LogP contribution in [0, 0.1) is 0 Å². The van der Waals surface area contributed by atoms with Crippen LogP contribution in [0.4, 0.5) is 5.69 Å². The second-order valence-electron chi connectivity index (χ2n) is 20.4. The molecule has 88 heavy (non-hydrogen) atoms. The molecule has 3 aliphatic heterocycles. The van der Waals surface area contributed by atoms with E-state index in [1.165, 1.54) is 12.1 Å². The van der Waals surface area contributed by atoms with Crippen LogP contribution in [0.25, 0.3) is 17.4 Å². The fraction of sp³-hybridized carbons (Fsp3) is 0.633. The maximum atomic E-state index is 12.6. The van der Waals surface area contributed by atoms with Crippen LogP contribution in [0.5, 0.6) is 0 Å². The number of allylic oxidation sites excluding steroid dienone is 3. The van der Waals surface area contributed by atoms with E-state index in [0.29, 0.717) is 212 Å². The summed E-state index contributed by atoms with van der Waals surface area (Å²) in [5, 5.41) is 1.36. The predicted molar refractivity (Wildman–Crippen MR) is 320 cm³/mol. The number of nitrogens with zero attached hydrogens (tertiary/aromatic N) is 3. The molecule has 5 rings (SSSR count). The van der Waals surface area contributed by atoms with E-state index in [9.17, 15) is 40.3 Å². The zero-order valence-electron chi connectivity index (χ0n) is 51.0. The average molecular weight is 1280 g/mol. The molecular weight excluding hydrogens is 1190 g/mol. The minimum Gasteiger partial charge on any atom is -0.744 e. The monoisotopic (exact) mass is 1280 g/mol. The van der Waals surface area contributed by atoms with Gasteiger partial charge in [-0.3, -0.25) is 14.1 Å². The first kappa shape index (κ1) is 73.6. The summed E-state index contributed by atoms with van der Waals surface area (Å²) in [5.41, 5.74) is 2.26. The fourth-order valence-electron chi connectivity index (χ4n) is 9.49. The van der Waals surface area contributed by atoms with Gasteiger partial charge in [-0.2, -0.15) is 8.42 Å². The van der Waals surface area contributed by atoms with E-state index < -0.39 is 54.1 Å². The van der Waals surface area contributed by atoms with Crippen molar-refractivity contribution >= 4 is 49.8 Å². The number of ether oxygens (including phenoxy) is 12. The first-order valence-electron chi connectivity index (χ1n) is 29.7. The molecular formula is C60H89N3O23S2. The topological polar surface area (TPSA) is 305 Å². The lowest BCUT2D eigenvalue weighted by atomic mass is 9.77. The normalized spacial score (nSPS) is 15.9. The summed E-state index contributed by atoms with van der Waals surface area (Å²) in [6.45, 7) is 13.0.